The molecule has 1 aromatic rings. The highest BCUT2D eigenvalue weighted by Gasteiger charge is 2.43. The lowest BCUT2D eigenvalue weighted by Gasteiger charge is -2.26. The fourth-order valence-corrected chi connectivity index (χ4v) is 2.41. The molecule has 1 aliphatic heterocycles. The maximum Gasteiger partial charge on any atom is 0.411 e. The quantitative estimate of drug-likeness (QED) is 0.838. The van der Waals surface area contributed by atoms with E-state index in [2.05, 4.69) is 0 Å². The molecule has 1 aromatic carbocycles. The first-order chi connectivity index (χ1) is 11.5. The Morgan fingerprint density at radius 1 is 1.16 bits per heavy atom. The van der Waals surface area contributed by atoms with E-state index < -0.39 is 53.0 Å². The number of carbonyl (C=O) groups is 2. The second-order valence-corrected chi connectivity index (χ2v) is 6.66. The Bertz CT molecular complexity index is 689. The van der Waals surface area contributed by atoms with Crippen LogP contribution in [0.15, 0.2) is 12.1 Å². The van der Waals surface area contributed by atoms with Gasteiger partial charge in [0.05, 0.1) is 6.54 Å². The van der Waals surface area contributed by atoms with Gasteiger partial charge in [0.25, 0.3) is 0 Å². The summed E-state index contributed by atoms with van der Waals surface area (Å²) in [5.74, 6) is -5.62. The monoisotopic (exact) mass is 361 g/mol. The Morgan fingerprint density at radius 3 is 2.32 bits per heavy atom. The van der Waals surface area contributed by atoms with Gasteiger partial charge in [0.1, 0.15) is 17.7 Å². The van der Waals surface area contributed by atoms with Crippen molar-refractivity contribution in [1.29, 1.82) is 0 Å². The SMILES string of the molecule is CC(C)(C)OC(=O)N1C[C@H](Oc2cc(F)c(F)cc2F)C[C@H]1C(=O)O. The van der Waals surface area contributed by atoms with Crippen LogP contribution in [0, 0.1) is 17.5 Å². The lowest BCUT2D eigenvalue weighted by molar-refractivity contribution is -0.142. The third-order valence-electron chi connectivity index (χ3n) is 3.44. The molecule has 6 nitrogen and oxygen atoms in total. The van der Waals surface area contributed by atoms with Gasteiger partial charge in [0, 0.05) is 18.6 Å². The second-order valence-electron chi connectivity index (χ2n) is 6.66. The van der Waals surface area contributed by atoms with Crippen LogP contribution in [0.1, 0.15) is 27.2 Å². The molecule has 1 N–H and O–H groups in total. The summed E-state index contributed by atoms with van der Waals surface area (Å²) in [5, 5.41) is 9.26. The van der Waals surface area contributed by atoms with E-state index in [-0.39, 0.29) is 13.0 Å². The van der Waals surface area contributed by atoms with E-state index in [4.69, 9.17) is 9.47 Å². The number of rotatable bonds is 3. The molecule has 0 saturated carbocycles. The molecule has 0 aromatic heterocycles. The maximum absolute atomic E-state index is 13.7. The third-order valence-corrected chi connectivity index (χ3v) is 3.44. The van der Waals surface area contributed by atoms with Crippen molar-refractivity contribution in [2.75, 3.05) is 6.54 Å². The minimum absolute atomic E-state index is 0.146. The Labute approximate surface area is 142 Å². The van der Waals surface area contributed by atoms with Crippen molar-refractivity contribution < 1.29 is 37.3 Å². The number of likely N-dealkylation sites (tertiary alicyclic amines) is 1. The molecule has 0 unspecified atom stereocenters. The van der Waals surface area contributed by atoms with Crippen molar-refractivity contribution in [3.05, 3.63) is 29.6 Å². The standard InChI is InChI=1S/C16H18F3NO5/c1-16(2,3)25-15(23)20-7-8(4-12(20)14(21)22)24-13-6-10(18)9(17)5-11(13)19/h5-6,8,12H,4,7H2,1-3H3,(H,21,22)/t8-,12+/m1/s1. The summed E-state index contributed by atoms with van der Waals surface area (Å²) in [6, 6.07) is -0.357. The summed E-state index contributed by atoms with van der Waals surface area (Å²) in [7, 11) is 0. The summed E-state index contributed by atoms with van der Waals surface area (Å²) >= 11 is 0. The van der Waals surface area contributed by atoms with Crippen molar-refractivity contribution in [3.8, 4) is 5.75 Å². The molecule has 0 bridgehead atoms. The van der Waals surface area contributed by atoms with Crippen molar-refractivity contribution in [2.45, 2.75) is 44.9 Å². The van der Waals surface area contributed by atoms with Gasteiger partial charge in [0.15, 0.2) is 23.2 Å². The molecule has 9 heteroatoms. The number of aliphatic carboxylic acids is 1. The molecule has 1 aliphatic rings. The minimum atomic E-state index is -1.37. The van der Waals surface area contributed by atoms with Crippen LogP contribution < -0.4 is 4.74 Å². The van der Waals surface area contributed by atoms with Crippen LogP contribution in [0.4, 0.5) is 18.0 Å². The number of carboxylic acid groups (broad SMARTS) is 1. The van der Waals surface area contributed by atoms with Crippen molar-refractivity contribution in [3.63, 3.8) is 0 Å². The van der Waals surface area contributed by atoms with E-state index in [1.807, 2.05) is 0 Å². The van der Waals surface area contributed by atoms with Crippen LogP contribution in [0.5, 0.6) is 5.75 Å². The number of nitrogens with zero attached hydrogens (tertiary/aromatic N) is 1. The maximum atomic E-state index is 13.7. The number of hydrogen-bond donors (Lipinski definition) is 1. The Hall–Kier alpha value is -2.45. The molecule has 1 fully saturated rings. The number of amides is 1. The number of carbonyl (C=O) groups excluding carboxylic acids is 1. The van der Waals surface area contributed by atoms with Crippen LogP contribution in [0.3, 0.4) is 0 Å². The molecule has 1 heterocycles. The summed E-state index contributed by atoms with van der Waals surface area (Å²) in [6.07, 6.45) is -1.91. The first kappa shape index (κ1) is 18.9. The zero-order chi connectivity index (χ0) is 18.9. The lowest BCUT2D eigenvalue weighted by Crippen LogP contribution is -2.43. The first-order valence-electron chi connectivity index (χ1n) is 7.51. The first-order valence-corrected chi connectivity index (χ1v) is 7.51. The van der Waals surface area contributed by atoms with Gasteiger partial charge in [0.2, 0.25) is 0 Å². The van der Waals surface area contributed by atoms with E-state index in [1.165, 1.54) is 0 Å². The van der Waals surface area contributed by atoms with Crippen molar-refractivity contribution >= 4 is 12.1 Å². The fraction of sp³-hybridized carbons (Fsp3) is 0.500. The van der Waals surface area contributed by atoms with E-state index in [1.54, 1.807) is 20.8 Å². The van der Waals surface area contributed by atoms with Crippen LogP contribution in [0.2, 0.25) is 0 Å². The normalized spacial score (nSPS) is 20.5. The van der Waals surface area contributed by atoms with Crippen LogP contribution >= 0.6 is 0 Å². The number of hydrogen-bond acceptors (Lipinski definition) is 4. The summed E-state index contributed by atoms with van der Waals surface area (Å²) < 4.78 is 50.2. The Kier molecular flexibility index (Phi) is 5.15. The molecule has 138 valence electrons. The van der Waals surface area contributed by atoms with Gasteiger partial charge in [-0.3, -0.25) is 4.90 Å². The average molecular weight is 361 g/mol. The van der Waals surface area contributed by atoms with E-state index in [0.29, 0.717) is 12.1 Å². The minimum Gasteiger partial charge on any atom is -0.485 e. The molecule has 0 aliphatic carbocycles. The van der Waals surface area contributed by atoms with Gasteiger partial charge in [-0.15, -0.1) is 0 Å². The topological polar surface area (TPSA) is 76.1 Å². The number of ether oxygens (including phenoxy) is 2. The molecule has 0 radical (unpaired) electrons. The fourth-order valence-electron chi connectivity index (χ4n) is 2.41. The van der Waals surface area contributed by atoms with Crippen LogP contribution in [-0.2, 0) is 9.53 Å². The highest BCUT2D eigenvalue weighted by Crippen LogP contribution is 2.28. The van der Waals surface area contributed by atoms with E-state index >= 15 is 0 Å². The lowest BCUT2D eigenvalue weighted by atomic mass is 10.2. The van der Waals surface area contributed by atoms with E-state index in [0.717, 1.165) is 4.90 Å². The summed E-state index contributed by atoms with van der Waals surface area (Å²) in [5.41, 5.74) is -0.828. The third kappa shape index (κ3) is 4.55. The molecule has 25 heavy (non-hydrogen) atoms. The average Bonchev–Trinajstić information content (AvgIpc) is 2.87. The summed E-state index contributed by atoms with van der Waals surface area (Å²) in [6.45, 7) is 4.69. The molecular formula is C16H18F3NO5. The Balaban J connectivity index is 2.15. The highest BCUT2D eigenvalue weighted by atomic mass is 19.2. The molecular weight excluding hydrogens is 343 g/mol. The molecule has 2 atom stereocenters. The van der Waals surface area contributed by atoms with Gasteiger partial charge in [-0.05, 0) is 20.8 Å². The van der Waals surface area contributed by atoms with Crippen LogP contribution in [-0.4, -0.2) is 46.4 Å². The number of benzene rings is 1. The van der Waals surface area contributed by atoms with Gasteiger partial charge in [-0.1, -0.05) is 0 Å². The van der Waals surface area contributed by atoms with E-state index in [9.17, 15) is 27.9 Å². The second kappa shape index (κ2) is 6.81. The summed E-state index contributed by atoms with van der Waals surface area (Å²) in [4.78, 5) is 24.5. The molecule has 0 spiro atoms. The highest BCUT2D eigenvalue weighted by molar-refractivity contribution is 5.81. The van der Waals surface area contributed by atoms with Crippen LogP contribution in [0.25, 0.3) is 0 Å². The predicted molar refractivity (Wildman–Crippen MR) is 79.7 cm³/mol. The predicted octanol–water partition coefficient (Wildman–Crippen LogP) is 2.95. The van der Waals surface area contributed by atoms with Crippen molar-refractivity contribution in [2.24, 2.45) is 0 Å². The molecule has 2 rings (SSSR count). The zero-order valence-electron chi connectivity index (χ0n) is 13.9. The van der Waals surface area contributed by atoms with Gasteiger partial charge in [-0.25, -0.2) is 22.8 Å². The van der Waals surface area contributed by atoms with Gasteiger partial charge >= 0.3 is 12.1 Å². The van der Waals surface area contributed by atoms with Gasteiger partial charge in [-0.2, -0.15) is 0 Å². The molecule has 1 saturated heterocycles. The zero-order valence-corrected chi connectivity index (χ0v) is 13.9. The number of carboxylic acids is 1. The van der Waals surface area contributed by atoms with Gasteiger partial charge < -0.3 is 14.6 Å². The van der Waals surface area contributed by atoms with Crippen molar-refractivity contribution in [1.82, 2.24) is 4.90 Å². The Morgan fingerprint density at radius 2 is 1.76 bits per heavy atom. The molecule has 1 amide bonds. The smallest absolute Gasteiger partial charge is 0.411 e. The number of halogens is 3. The largest absolute Gasteiger partial charge is 0.485 e.